The first-order valence-electron chi connectivity index (χ1n) is 8.77. The van der Waals surface area contributed by atoms with Gasteiger partial charge in [-0.05, 0) is 60.2 Å². The zero-order chi connectivity index (χ0) is 21.7. The number of anilines is 2. The maximum absolute atomic E-state index is 13.0. The molecule has 30 heavy (non-hydrogen) atoms. The molecule has 0 atom stereocenters. The number of carbonyl (C=O) groups is 1. The number of benzene rings is 3. The highest BCUT2D eigenvalue weighted by Crippen LogP contribution is 2.29. The molecule has 0 heterocycles. The van der Waals surface area contributed by atoms with Crippen LogP contribution in [0.2, 0.25) is 0 Å². The average molecular weight is 493 g/mol. The average Bonchev–Trinajstić information content (AvgIpc) is 2.71. The van der Waals surface area contributed by atoms with Gasteiger partial charge < -0.3 is 10.1 Å². The predicted octanol–water partition coefficient (Wildman–Crippen LogP) is 4.58. The van der Waals surface area contributed by atoms with Gasteiger partial charge in [-0.25, -0.2) is 12.8 Å². The summed E-state index contributed by atoms with van der Waals surface area (Å²) in [6.45, 7) is 0. The van der Waals surface area contributed by atoms with E-state index in [4.69, 9.17) is 4.74 Å². The van der Waals surface area contributed by atoms with E-state index in [2.05, 4.69) is 26.0 Å². The molecule has 0 spiro atoms. The van der Waals surface area contributed by atoms with Crippen LogP contribution in [0.15, 0.2) is 76.1 Å². The number of sulfonamides is 1. The standard InChI is InChI=1S/C21H18BrFN2O4S/c1-29-20-11-10-18(30(27,28)25-17-8-4-15(22)5-9-17)13-19(20)24-21(26)12-14-2-6-16(23)7-3-14/h2-11,13,25H,12H2,1H3,(H,24,26). The van der Waals surface area contributed by atoms with E-state index in [1.807, 2.05) is 0 Å². The molecule has 0 aliphatic carbocycles. The molecule has 0 radical (unpaired) electrons. The Labute approximate surface area is 182 Å². The molecule has 9 heteroatoms. The molecule has 0 aromatic heterocycles. The molecule has 3 rings (SSSR count). The number of carbonyl (C=O) groups excluding carboxylic acids is 1. The summed E-state index contributed by atoms with van der Waals surface area (Å²) in [6, 6.07) is 16.4. The summed E-state index contributed by atoms with van der Waals surface area (Å²) in [6.07, 6.45) is -0.00243. The van der Waals surface area contributed by atoms with E-state index in [0.717, 1.165) is 4.47 Å². The molecular formula is C21H18BrFN2O4S. The van der Waals surface area contributed by atoms with Crippen molar-refractivity contribution in [2.45, 2.75) is 11.3 Å². The fourth-order valence-electron chi connectivity index (χ4n) is 2.67. The van der Waals surface area contributed by atoms with Crippen molar-refractivity contribution in [1.29, 1.82) is 0 Å². The Kier molecular flexibility index (Phi) is 6.73. The van der Waals surface area contributed by atoms with Crippen LogP contribution in [0, 0.1) is 5.82 Å². The Hall–Kier alpha value is -2.91. The van der Waals surface area contributed by atoms with Crippen molar-refractivity contribution < 1.29 is 22.3 Å². The highest BCUT2D eigenvalue weighted by molar-refractivity contribution is 9.10. The summed E-state index contributed by atoms with van der Waals surface area (Å²) in [5, 5.41) is 2.65. The third-order valence-corrected chi connectivity index (χ3v) is 6.04. The van der Waals surface area contributed by atoms with Crippen LogP contribution in [0.5, 0.6) is 5.75 Å². The van der Waals surface area contributed by atoms with Crippen molar-refractivity contribution in [3.63, 3.8) is 0 Å². The predicted molar refractivity (Wildman–Crippen MR) is 117 cm³/mol. The molecule has 2 N–H and O–H groups in total. The van der Waals surface area contributed by atoms with Crippen LogP contribution in [-0.4, -0.2) is 21.4 Å². The zero-order valence-corrected chi connectivity index (χ0v) is 18.3. The number of rotatable bonds is 7. The van der Waals surface area contributed by atoms with E-state index >= 15 is 0 Å². The van der Waals surface area contributed by atoms with Gasteiger partial charge in [0.05, 0.1) is 24.1 Å². The lowest BCUT2D eigenvalue weighted by Gasteiger charge is -2.13. The highest BCUT2D eigenvalue weighted by Gasteiger charge is 2.18. The third kappa shape index (κ3) is 5.58. The first-order valence-corrected chi connectivity index (χ1v) is 11.1. The number of hydrogen-bond donors (Lipinski definition) is 2. The summed E-state index contributed by atoms with van der Waals surface area (Å²) in [5.74, 6) is -0.475. The molecule has 0 saturated heterocycles. The van der Waals surface area contributed by atoms with Gasteiger partial charge in [-0.3, -0.25) is 9.52 Å². The van der Waals surface area contributed by atoms with Crippen molar-refractivity contribution in [3.05, 3.63) is 82.6 Å². The van der Waals surface area contributed by atoms with E-state index in [-0.39, 0.29) is 17.0 Å². The van der Waals surface area contributed by atoms with Gasteiger partial charge >= 0.3 is 0 Å². The van der Waals surface area contributed by atoms with Crippen LogP contribution in [0.3, 0.4) is 0 Å². The number of nitrogens with one attached hydrogen (secondary N) is 2. The number of amides is 1. The van der Waals surface area contributed by atoms with Gasteiger partial charge in [0.1, 0.15) is 11.6 Å². The lowest BCUT2D eigenvalue weighted by Crippen LogP contribution is -2.17. The molecule has 6 nitrogen and oxygen atoms in total. The molecule has 0 saturated carbocycles. The molecule has 0 aliphatic heterocycles. The second-order valence-corrected chi connectivity index (χ2v) is 8.92. The first kappa shape index (κ1) is 21.8. The van der Waals surface area contributed by atoms with E-state index in [1.54, 1.807) is 24.3 Å². The number of ether oxygens (including phenoxy) is 1. The fraction of sp³-hybridized carbons (Fsp3) is 0.0952. The van der Waals surface area contributed by atoms with Crippen molar-refractivity contribution in [3.8, 4) is 5.75 Å². The van der Waals surface area contributed by atoms with Gasteiger partial charge in [0.15, 0.2) is 0 Å². The van der Waals surface area contributed by atoms with Crippen LogP contribution in [0.25, 0.3) is 0 Å². The lowest BCUT2D eigenvalue weighted by molar-refractivity contribution is -0.115. The fourth-order valence-corrected chi connectivity index (χ4v) is 4.01. The monoisotopic (exact) mass is 492 g/mol. The first-order chi connectivity index (χ1) is 14.3. The molecule has 0 fully saturated rings. The minimum Gasteiger partial charge on any atom is -0.495 e. The summed E-state index contributed by atoms with van der Waals surface area (Å²) in [4.78, 5) is 12.4. The van der Waals surface area contributed by atoms with Crippen LogP contribution in [-0.2, 0) is 21.2 Å². The molecular weight excluding hydrogens is 475 g/mol. The Balaban J connectivity index is 1.80. The minimum atomic E-state index is -3.89. The number of hydrogen-bond acceptors (Lipinski definition) is 4. The van der Waals surface area contributed by atoms with Gasteiger partial charge in [-0.15, -0.1) is 0 Å². The van der Waals surface area contributed by atoms with Crippen LogP contribution in [0.4, 0.5) is 15.8 Å². The van der Waals surface area contributed by atoms with Crippen LogP contribution >= 0.6 is 15.9 Å². The van der Waals surface area contributed by atoms with Gasteiger partial charge in [0.2, 0.25) is 5.91 Å². The molecule has 3 aromatic carbocycles. The maximum atomic E-state index is 13.0. The van der Waals surface area contributed by atoms with Crippen molar-refractivity contribution in [2.24, 2.45) is 0 Å². The molecule has 0 unspecified atom stereocenters. The lowest BCUT2D eigenvalue weighted by atomic mass is 10.1. The number of halogens is 2. The number of methoxy groups -OCH3 is 1. The Morgan fingerprint density at radius 2 is 1.70 bits per heavy atom. The second-order valence-electron chi connectivity index (χ2n) is 6.33. The van der Waals surface area contributed by atoms with Gasteiger partial charge in [-0.2, -0.15) is 0 Å². The minimum absolute atomic E-state index is 0.00243. The van der Waals surface area contributed by atoms with Gasteiger partial charge in [0, 0.05) is 10.2 Å². The van der Waals surface area contributed by atoms with Crippen molar-refractivity contribution >= 4 is 43.2 Å². The normalized spacial score (nSPS) is 11.0. The molecule has 1 amide bonds. The van der Waals surface area contributed by atoms with Crippen molar-refractivity contribution in [1.82, 2.24) is 0 Å². The second kappa shape index (κ2) is 9.27. The largest absolute Gasteiger partial charge is 0.495 e. The molecule has 0 bridgehead atoms. The zero-order valence-electron chi connectivity index (χ0n) is 15.9. The smallest absolute Gasteiger partial charge is 0.261 e. The topological polar surface area (TPSA) is 84.5 Å². The third-order valence-electron chi connectivity index (χ3n) is 4.13. The van der Waals surface area contributed by atoms with Crippen LogP contribution in [0.1, 0.15) is 5.56 Å². The summed E-state index contributed by atoms with van der Waals surface area (Å²) in [5.41, 5.74) is 1.23. The SMILES string of the molecule is COc1ccc(S(=O)(=O)Nc2ccc(Br)cc2)cc1NC(=O)Cc1ccc(F)cc1. The Morgan fingerprint density at radius 3 is 2.33 bits per heavy atom. The Morgan fingerprint density at radius 1 is 1.03 bits per heavy atom. The molecule has 156 valence electrons. The summed E-state index contributed by atoms with van der Waals surface area (Å²) < 4.78 is 47.0. The van der Waals surface area contributed by atoms with E-state index < -0.39 is 21.7 Å². The van der Waals surface area contributed by atoms with Crippen molar-refractivity contribution in [2.75, 3.05) is 17.1 Å². The van der Waals surface area contributed by atoms with E-state index in [0.29, 0.717) is 17.0 Å². The Bertz CT molecular complexity index is 1150. The van der Waals surface area contributed by atoms with E-state index in [1.165, 1.54) is 49.6 Å². The quantitative estimate of drug-likeness (QED) is 0.505. The summed E-state index contributed by atoms with van der Waals surface area (Å²) in [7, 11) is -2.47. The highest BCUT2D eigenvalue weighted by atomic mass is 79.9. The maximum Gasteiger partial charge on any atom is 0.261 e. The van der Waals surface area contributed by atoms with Gasteiger partial charge in [-0.1, -0.05) is 28.1 Å². The van der Waals surface area contributed by atoms with E-state index in [9.17, 15) is 17.6 Å². The summed E-state index contributed by atoms with van der Waals surface area (Å²) >= 11 is 3.30. The molecule has 3 aromatic rings. The van der Waals surface area contributed by atoms with Crippen LogP contribution < -0.4 is 14.8 Å². The van der Waals surface area contributed by atoms with Gasteiger partial charge in [0.25, 0.3) is 10.0 Å². The molecule has 0 aliphatic rings.